The Morgan fingerprint density at radius 2 is 2.05 bits per heavy atom. The Balaban J connectivity index is 2.09. The van der Waals surface area contributed by atoms with E-state index in [1.54, 1.807) is 13.1 Å². The molecule has 120 valence electrons. The highest BCUT2D eigenvalue weighted by atomic mass is 35.5. The van der Waals surface area contributed by atoms with Gasteiger partial charge < -0.3 is 4.90 Å². The van der Waals surface area contributed by atoms with E-state index in [1.165, 1.54) is 15.6 Å². The van der Waals surface area contributed by atoms with Gasteiger partial charge in [0, 0.05) is 23.3 Å². The fourth-order valence-corrected chi connectivity index (χ4v) is 5.66. The van der Waals surface area contributed by atoms with Crippen LogP contribution in [0.3, 0.4) is 0 Å². The zero-order valence-corrected chi connectivity index (χ0v) is 15.2. The third-order valence-corrected chi connectivity index (χ3v) is 7.67. The largest absolute Gasteiger partial charge is 0.306 e. The van der Waals surface area contributed by atoms with E-state index in [2.05, 4.69) is 11.9 Å². The highest BCUT2D eigenvalue weighted by Gasteiger charge is 2.28. The number of hydrogen-bond donors (Lipinski definition) is 0. The van der Waals surface area contributed by atoms with Crippen LogP contribution in [0.4, 0.5) is 0 Å². The smallest absolute Gasteiger partial charge is 0.243 e. The summed E-state index contributed by atoms with van der Waals surface area (Å²) in [6.45, 7) is 4.54. The van der Waals surface area contributed by atoms with Gasteiger partial charge in [0.05, 0.1) is 10.8 Å². The second kappa shape index (κ2) is 6.96. The first-order valence-corrected chi connectivity index (χ1v) is 9.94. The van der Waals surface area contributed by atoms with E-state index in [0.717, 1.165) is 35.7 Å². The van der Waals surface area contributed by atoms with Crippen molar-refractivity contribution in [1.82, 2.24) is 9.21 Å². The number of thiophene rings is 1. The Bertz CT molecular complexity index is 578. The normalized spacial score (nSPS) is 18.5. The van der Waals surface area contributed by atoms with Gasteiger partial charge in [-0.05, 0) is 51.9 Å². The van der Waals surface area contributed by atoms with Gasteiger partial charge in [0.2, 0.25) is 10.0 Å². The molecule has 2 rings (SSSR count). The van der Waals surface area contributed by atoms with E-state index in [4.69, 9.17) is 11.6 Å². The zero-order chi connectivity index (χ0) is 15.6. The molecule has 0 saturated carbocycles. The molecule has 1 aromatic heterocycles. The van der Waals surface area contributed by atoms with Crippen molar-refractivity contribution >= 4 is 33.0 Å². The number of piperidine rings is 1. The topological polar surface area (TPSA) is 40.6 Å². The van der Waals surface area contributed by atoms with Crippen molar-refractivity contribution in [3.05, 3.63) is 15.8 Å². The Labute approximate surface area is 136 Å². The maximum absolute atomic E-state index is 12.7. The van der Waals surface area contributed by atoms with Gasteiger partial charge >= 0.3 is 0 Å². The average Bonchev–Trinajstić information content (AvgIpc) is 2.83. The third kappa shape index (κ3) is 3.99. The molecule has 0 spiro atoms. The quantitative estimate of drug-likeness (QED) is 0.767. The van der Waals surface area contributed by atoms with Crippen molar-refractivity contribution in [3.63, 3.8) is 0 Å². The summed E-state index contributed by atoms with van der Waals surface area (Å²) in [5, 5.41) is 0. The highest BCUT2D eigenvalue weighted by molar-refractivity contribution is 7.89. The molecule has 1 aliphatic rings. The summed E-state index contributed by atoms with van der Waals surface area (Å²) in [4.78, 5) is 4.43. The van der Waals surface area contributed by atoms with Crippen molar-refractivity contribution in [2.75, 3.05) is 33.7 Å². The van der Waals surface area contributed by atoms with Crippen molar-refractivity contribution in [1.29, 1.82) is 0 Å². The number of halogens is 1. The first-order valence-electron chi connectivity index (χ1n) is 7.14. The van der Waals surface area contributed by atoms with Crippen molar-refractivity contribution in [2.24, 2.45) is 5.92 Å². The molecule has 0 bridgehead atoms. The minimum atomic E-state index is -3.40. The molecule has 21 heavy (non-hydrogen) atoms. The third-order valence-electron chi connectivity index (χ3n) is 4.10. The van der Waals surface area contributed by atoms with E-state index in [1.807, 2.05) is 6.92 Å². The Morgan fingerprint density at radius 3 is 2.57 bits per heavy atom. The maximum Gasteiger partial charge on any atom is 0.243 e. The molecule has 0 aliphatic carbocycles. The minimum absolute atomic E-state index is 0.361. The van der Waals surface area contributed by atoms with Gasteiger partial charge in [-0.25, -0.2) is 12.7 Å². The van der Waals surface area contributed by atoms with E-state index >= 15 is 0 Å². The number of sulfonamides is 1. The van der Waals surface area contributed by atoms with Crippen molar-refractivity contribution in [3.8, 4) is 0 Å². The maximum atomic E-state index is 12.7. The molecule has 7 heteroatoms. The Kier molecular flexibility index (Phi) is 5.71. The second-order valence-corrected chi connectivity index (χ2v) is 9.42. The van der Waals surface area contributed by atoms with Gasteiger partial charge in [0.15, 0.2) is 0 Å². The molecule has 1 aliphatic heterocycles. The summed E-state index contributed by atoms with van der Waals surface area (Å²) < 4.78 is 26.9. The van der Waals surface area contributed by atoms with Gasteiger partial charge in [0.25, 0.3) is 0 Å². The van der Waals surface area contributed by atoms with E-state index in [9.17, 15) is 8.42 Å². The van der Waals surface area contributed by atoms with Crippen LogP contribution in [-0.4, -0.2) is 51.4 Å². The minimum Gasteiger partial charge on any atom is -0.306 e. The predicted molar refractivity (Wildman–Crippen MR) is 88.6 cm³/mol. The molecule has 0 N–H and O–H groups in total. The van der Waals surface area contributed by atoms with Crippen LogP contribution in [0.1, 0.15) is 22.6 Å². The number of likely N-dealkylation sites (tertiary alicyclic amines) is 1. The molecule has 4 nitrogen and oxygen atoms in total. The average molecular weight is 351 g/mol. The molecular weight excluding hydrogens is 328 g/mol. The highest BCUT2D eigenvalue weighted by Crippen LogP contribution is 2.29. The van der Waals surface area contributed by atoms with E-state index in [0.29, 0.717) is 23.2 Å². The summed E-state index contributed by atoms with van der Waals surface area (Å²) in [7, 11) is 0.396. The van der Waals surface area contributed by atoms with E-state index in [-0.39, 0.29) is 0 Å². The lowest BCUT2D eigenvalue weighted by atomic mass is 9.97. The predicted octanol–water partition coefficient (Wildman–Crippen LogP) is 2.76. The summed E-state index contributed by atoms with van der Waals surface area (Å²) in [6.07, 6.45) is 2.12. The van der Waals surface area contributed by atoms with Crippen molar-refractivity contribution in [2.45, 2.75) is 30.5 Å². The van der Waals surface area contributed by atoms with Crippen LogP contribution in [0.5, 0.6) is 0 Å². The van der Waals surface area contributed by atoms with Gasteiger partial charge in [0.1, 0.15) is 0 Å². The van der Waals surface area contributed by atoms with Crippen molar-refractivity contribution < 1.29 is 8.42 Å². The Hall–Kier alpha value is -0.140. The van der Waals surface area contributed by atoms with Crippen LogP contribution in [0.15, 0.2) is 11.0 Å². The number of alkyl halides is 1. The van der Waals surface area contributed by atoms with Crippen LogP contribution in [0.25, 0.3) is 0 Å². The van der Waals surface area contributed by atoms with E-state index < -0.39 is 10.0 Å². The monoisotopic (exact) mass is 350 g/mol. The molecule has 0 aromatic carbocycles. The molecule has 0 unspecified atom stereocenters. The molecular formula is C14H23ClN2O2S2. The van der Waals surface area contributed by atoms with Gasteiger partial charge in [-0.2, -0.15) is 0 Å². The number of hydrogen-bond acceptors (Lipinski definition) is 4. The van der Waals surface area contributed by atoms with Gasteiger partial charge in [-0.15, -0.1) is 22.9 Å². The molecule has 0 amide bonds. The zero-order valence-electron chi connectivity index (χ0n) is 12.8. The SMILES string of the molecule is Cc1sc(CCl)cc1S(=O)(=O)N(C)CC1CCN(C)CC1. The van der Waals surface area contributed by atoms with Crippen LogP contribution in [0, 0.1) is 12.8 Å². The van der Waals surface area contributed by atoms with Gasteiger partial charge in [-0.1, -0.05) is 0 Å². The first kappa shape index (κ1) is 17.2. The summed E-state index contributed by atoms with van der Waals surface area (Å²) in [5.74, 6) is 0.812. The molecule has 0 atom stereocenters. The lowest BCUT2D eigenvalue weighted by molar-refractivity contribution is 0.202. The van der Waals surface area contributed by atoms with Gasteiger partial charge in [-0.3, -0.25) is 0 Å². The standard InChI is InChI=1S/C14H23ClN2O2S2/c1-11-14(8-13(9-15)20-11)21(18,19)17(3)10-12-4-6-16(2)7-5-12/h8,12H,4-7,9-10H2,1-3H3. The molecule has 0 radical (unpaired) electrons. The summed E-state index contributed by atoms with van der Waals surface area (Å²) in [5.41, 5.74) is 0. The Morgan fingerprint density at radius 1 is 1.43 bits per heavy atom. The molecule has 2 heterocycles. The van der Waals surface area contributed by atoms with Crippen LogP contribution < -0.4 is 0 Å². The molecule has 1 fully saturated rings. The number of nitrogens with zero attached hydrogens (tertiary/aromatic N) is 2. The van der Waals surface area contributed by atoms with Crippen LogP contribution in [-0.2, 0) is 15.9 Å². The summed E-state index contributed by atoms with van der Waals surface area (Å²) >= 11 is 7.27. The number of rotatable bonds is 5. The molecule has 1 saturated heterocycles. The van der Waals surface area contributed by atoms with Crippen LogP contribution >= 0.6 is 22.9 Å². The molecule has 1 aromatic rings. The second-order valence-electron chi connectivity index (χ2n) is 5.80. The van der Waals surface area contributed by atoms with Crippen LogP contribution in [0.2, 0.25) is 0 Å². The fraction of sp³-hybridized carbons (Fsp3) is 0.714. The lowest BCUT2D eigenvalue weighted by Crippen LogP contribution is -2.38. The first-order chi connectivity index (χ1) is 9.84. The lowest BCUT2D eigenvalue weighted by Gasteiger charge is -2.31. The summed E-state index contributed by atoms with van der Waals surface area (Å²) in [6, 6.07) is 1.72. The fourth-order valence-electron chi connectivity index (χ4n) is 2.72. The number of aryl methyl sites for hydroxylation is 1.